The molecule has 3 aromatic heterocycles. The number of rotatable bonds is 8. The van der Waals surface area contributed by atoms with Crippen molar-refractivity contribution in [1.82, 2.24) is 24.5 Å². The van der Waals surface area contributed by atoms with Gasteiger partial charge in [0.1, 0.15) is 0 Å². The molecule has 9 rings (SSSR count). The second-order valence-electron chi connectivity index (χ2n) is 13.1. The van der Waals surface area contributed by atoms with E-state index in [9.17, 15) is 0 Å². The Morgan fingerprint density at radius 1 is 0.481 bits per heavy atom. The lowest BCUT2D eigenvalue weighted by Crippen LogP contribution is -2.06. The maximum atomic E-state index is 5.08. The summed E-state index contributed by atoms with van der Waals surface area (Å²) in [5.74, 6) is 1.86. The number of aromatic nitrogens is 5. The number of pyridine rings is 1. The van der Waals surface area contributed by atoms with E-state index in [0.29, 0.717) is 17.6 Å². The van der Waals surface area contributed by atoms with Gasteiger partial charge in [0.15, 0.2) is 11.6 Å². The fourth-order valence-electron chi connectivity index (χ4n) is 7.13. The van der Waals surface area contributed by atoms with Crippen LogP contribution in [0, 0.1) is 6.92 Å². The summed E-state index contributed by atoms with van der Waals surface area (Å²) in [4.78, 5) is 20.0. The van der Waals surface area contributed by atoms with Gasteiger partial charge in [-0.05, 0) is 77.9 Å². The van der Waals surface area contributed by atoms with Gasteiger partial charge < -0.3 is 0 Å². The van der Waals surface area contributed by atoms with Gasteiger partial charge in [0.25, 0.3) is 0 Å². The third-order valence-electron chi connectivity index (χ3n) is 9.80. The van der Waals surface area contributed by atoms with Crippen LogP contribution in [0.3, 0.4) is 0 Å². The second-order valence-corrected chi connectivity index (χ2v) is 13.1. The maximum Gasteiger partial charge on any atom is 0.238 e. The summed E-state index contributed by atoms with van der Waals surface area (Å²) in [5, 5.41) is 2.28. The Labute approximate surface area is 303 Å². The van der Waals surface area contributed by atoms with E-state index in [4.69, 9.17) is 19.9 Å². The number of fused-ring (bicyclic) bond motifs is 3. The van der Waals surface area contributed by atoms with E-state index in [-0.39, 0.29) is 0 Å². The first-order valence-electron chi connectivity index (χ1n) is 17.7. The molecule has 0 bridgehead atoms. The highest BCUT2D eigenvalue weighted by atomic mass is 15.2. The van der Waals surface area contributed by atoms with Gasteiger partial charge in [0, 0.05) is 33.7 Å². The number of nitrogens with zero attached hydrogens (tertiary/aromatic N) is 5. The van der Waals surface area contributed by atoms with Gasteiger partial charge >= 0.3 is 0 Å². The summed E-state index contributed by atoms with van der Waals surface area (Å²) in [6, 6.07) is 57.1. The normalized spacial score (nSPS) is 11.3. The summed E-state index contributed by atoms with van der Waals surface area (Å²) < 4.78 is 2.17. The van der Waals surface area contributed by atoms with Gasteiger partial charge in [-0.15, -0.1) is 0 Å². The first-order chi connectivity index (χ1) is 25.7. The van der Waals surface area contributed by atoms with Crippen LogP contribution >= 0.6 is 0 Å². The molecule has 0 fully saturated rings. The quantitative estimate of drug-likeness (QED) is 0.162. The largest absolute Gasteiger partial charge is 0.278 e. The van der Waals surface area contributed by atoms with Crippen molar-refractivity contribution in [3.05, 3.63) is 187 Å². The monoisotopic (exact) mass is 669 g/mol. The van der Waals surface area contributed by atoms with Crippen molar-refractivity contribution in [2.45, 2.75) is 19.8 Å². The molecule has 0 aliphatic carbocycles. The average molecular weight is 670 g/mol. The van der Waals surface area contributed by atoms with E-state index in [1.54, 1.807) is 0 Å². The third-order valence-corrected chi connectivity index (χ3v) is 9.80. The van der Waals surface area contributed by atoms with E-state index >= 15 is 0 Å². The zero-order valence-corrected chi connectivity index (χ0v) is 28.8. The molecule has 248 valence electrons. The van der Waals surface area contributed by atoms with Crippen LogP contribution in [-0.2, 0) is 12.8 Å². The minimum absolute atomic E-state index is 0.586. The number of hydrogen-bond acceptors (Lipinski definition) is 4. The summed E-state index contributed by atoms with van der Waals surface area (Å²) >= 11 is 0. The molecule has 0 N–H and O–H groups in total. The van der Waals surface area contributed by atoms with Gasteiger partial charge in [-0.3, -0.25) is 9.55 Å². The van der Waals surface area contributed by atoms with Crippen LogP contribution in [0.1, 0.15) is 16.7 Å². The molecular formula is C47H35N5. The van der Waals surface area contributed by atoms with E-state index in [1.807, 2.05) is 72.9 Å². The van der Waals surface area contributed by atoms with Crippen molar-refractivity contribution >= 4 is 21.8 Å². The molecule has 0 radical (unpaired) electrons. The number of hydrogen-bond donors (Lipinski definition) is 0. The highest BCUT2D eigenvalue weighted by molar-refractivity contribution is 6.10. The molecule has 0 atom stereocenters. The smallest absolute Gasteiger partial charge is 0.238 e. The Morgan fingerprint density at radius 2 is 1.10 bits per heavy atom. The summed E-state index contributed by atoms with van der Waals surface area (Å²) in [6.45, 7) is 2.17. The molecule has 0 saturated carbocycles. The minimum atomic E-state index is 0.586. The van der Waals surface area contributed by atoms with Crippen LogP contribution in [0.4, 0.5) is 0 Å². The molecular weight excluding hydrogens is 635 g/mol. The Balaban J connectivity index is 1.16. The lowest BCUT2D eigenvalue weighted by Gasteiger charge is -2.14. The van der Waals surface area contributed by atoms with E-state index in [2.05, 4.69) is 109 Å². The average Bonchev–Trinajstić information content (AvgIpc) is 3.55. The molecule has 52 heavy (non-hydrogen) atoms. The molecule has 6 aromatic carbocycles. The van der Waals surface area contributed by atoms with E-state index in [0.717, 1.165) is 68.2 Å². The number of para-hydroxylation sites is 1. The Kier molecular flexibility index (Phi) is 8.14. The Bertz CT molecular complexity index is 2620. The predicted octanol–water partition coefficient (Wildman–Crippen LogP) is 11.1. The van der Waals surface area contributed by atoms with Crippen molar-refractivity contribution in [2.75, 3.05) is 0 Å². The summed E-state index contributed by atoms with van der Waals surface area (Å²) in [6.07, 6.45) is 3.80. The first kappa shape index (κ1) is 31.3. The lowest BCUT2D eigenvalue weighted by atomic mass is 9.93. The van der Waals surface area contributed by atoms with Crippen molar-refractivity contribution in [2.24, 2.45) is 0 Å². The van der Waals surface area contributed by atoms with Gasteiger partial charge in [-0.25, -0.2) is 4.98 Å². The molecule has 0 unspecified atom stereocenters. The van der Waals surface area contributed by atoms with Crippen LogP contribution in [-0.4, -0.2) is 24.5 Å². The molecule has 0 aliphatic heterocycles. The zero-order valence-electron chi connectivity index (χ0n) is 28.8. The second kappa shape index (κ2) is 13.5. The van der Waals surface area contributed by atoms with E-state index < -0.39 is 0 Å². The van der Waals surface area contributed by atoms with Crippen LogP contribution in [0.2, 0.25) is 0 Å². The molecule has 0 amide bonds. The zero-order chi connectivity index (χ0) is 34.9. The molecule has 0 saturated heterocycles. The molecule has 3 heterocycles. The number of aryl methyl sites for hydroxylation is 3. The first-order valence-corrected chi connectivity index (χ1v) is 17.7. The fraction of sp³-hybridized carbons (Fsp3) is 0.0638. The minimum Gasteiger partial charge on any atom is -0.278 e. The van der Waals surface area contributed by atoms with Crippen molar-refractivity contribution in [3.8, 4) is 51.1 Å². The molecule has 0 spiro atoms. The summed E-state index contributed by atoms with van der Waals surface area (Å²) in [7, 11) is 0. The standard InChI is InChI=1S/C47H35N5/c1-32-23-25-37(30-40(32)44-34(20-13-29-48-44)26-24-33-14-5-2-6-15-33)38-27-28-43-41(31-38)39-21-11-12-22-42(39)52(43)47-50-45(35-16-7-3-8-17-35)49-46(51-47)36-18-9-4-10-19-36/h2-23,25,27-31H,24,26H2,1H3. The van der Waals surface area contributed by atoms with Crippen LogP contribution in [0.5, 0.6) is 0 Å². The van der Waals surface area contributed by atoms with Crippen LogP contribution in [0.25, 0.3) is 72.9 Å². The van der Waals surface area contributed by atoms with Crippen molar-refractivity contribution in [3.63, 3.8) is 0 Å². The molecule has 9 aromatic rings. The van der Waals surface area contributed by atoms with Gasteiger partial charge in [-0.2, -0.15) is 9.97 Å². The van der Waals surface area contributed by atoms with Crippen LogP contribution < -0.4 is 0 Å². The highest BCUT2D eigenvalue weighted by Crippen LogP contribution is 2.37. The predicted molar refractivity (Wildman–Crippen MR) is 212 cm³/mol. The Hall–Kier alpha value is -6.72. The molecule has 5 nitrogen and oxygen atoms in total. The molecule has 0 aliphatic rings. The van der Waals surface area contributed by atoms with E-state index in [1.165, 1.54) is 16.7 Å². The van der Waals surface area contributed by atoms with Gasteiger partial charge in [0.2, 0.25) is 5.95 Å². The van der Waals surface area contributed by atoms with Gasteiger partial charge in [-0.1, -0.05) is 133 Å². The van der Waals surface area contributed by atoms with Crippen molar-refractivity contribution in [1.29, 1.82) is 0 Å². The topological polar surface area (TPSA) is 56.5 Å². The summed E-state index contributed by atoms with van der Waals surface area (Å²) in [5.41, 5.74) is 12.3. The van der Waals surface area contributed by atoms with Crippen molar-refractivity contribution < 1.29 is 0 Å². The fourth-order valence-corrected chi connectivity index (χ4v) is 7.13. The highest BCUT2D eigenvalue weighted by Gasteiger charge is 2.19. The Morgan fingerprint density at radius 3 is 1.83 bits per heavy atom. The van der Waals surface area contributed by atoms with Gasteiger partial charge in [0.05, 0.1) is 16.7 Å². The third kappa shape index (κ3) is 5.92. The van der Waals surface area contributed by atoms with Crippen LogP contribution in [0.15, 0.2) is 170 Å². The maximum absolute atomic E-state index is 5.08. The molecule has 5 heteroatoms. The lowest BCUT2D eigenvalue weighted by molar-refractivity contribution is 0.952. The SMILES string of the molecule is Cc1ccc(-c2ccc3c(c2)c2ccccc2n3-c2nc(-c3ccccc3)nc(-c3ccccc3)n2)cc1-c1ncccc1CCc1ccccc1. The number of benzene rings is 6.